The molecule has 0 aromatic heterocycles. The van der Waals surface area contributed by atoms with E-state index in [0.717, 1.165) is 12.1 Å². The van der Waals surface area contributed by atoms with Crippen molar-refractivity contribution >= 4 is 11.8 Å². The molecule has 0 aliphatic rings. The number of esters is 1. The standard InChI is InChI=1S/C16H13FO4/c1-10(15(19)11-6-8-12(17)9-7-11)21-16(20)13-4-2-3-5-14(13)18/h2-10,18H,1H3/t10-/m0/s1. The van der Waals surface area contributed by atoms with Gasteiger partial charge < -0.3 is 9.84 Å². The zero-order chi connectivity index (χ0) is 15.4. The predicted octanol–water partition coefficient (Wildman–Crippen LogP) is 2.96. The Labute approximate surface area is 120 Å². The minimum Gasteiger partial charge on any atom is -0.507 e. The van der Waals surface area contributed by atoms with Gasteiger partial charge in [-0.25, -0.2) is 9.18 Å². The number of carbonyl (C=O) groups is 2. The number of para-hydroxylation sites is 1. The number of hydrogen-bond donors (Lipinski definition) is 1. The summed E-state index contributed by atoms with van der Waals surface area (Å²) in [4.78, 5) is 23.9. The van der Waals surface area contributed by atoms with E-state index in [2.05, 4.69) is 0 Å². The fourth-order valence-electron chi connectivity index (χ4n) is 1.77. The van der Waals surface area contributed by atoms with E-state index in [9.17, 15) is 19.1 Å². The van der Waals surface area contributed by atoms with Crippen molar-refractivity contribution in [3.8, 4) is 5.75 Å². The topological polar surface area (TPSA) is 63.6 Å². The summed E-state index contributed by atoms with van der Waals surface area (Å²) in [5.74, 6) is -1.91. The highest BCUT2D eigenvalue weighted by molar-refractivity contribution is 6.01. The summed E-state index contributed by atoms with van der Waals surface area (Å²) in [5, 5.41) is 9.55. The highest BCUT2D eigenvalue weighted by atomic mass is 19.1. The van der Waals surface area contributed by atoms with Crippen LogP contribution in [0.25, 0.3) is 0 Å². The van der Waals surface area contributed by atoms with Crippen LogP contribution in [0, 0.1) is 5.82 Å². The molecule has 0 saturated carbocycles. The first-order chi connectivity index (χ1) is 9.99. The molecule has 0 fully saturated rings. The second-order valence-corrected chi connectivity index (χ2v) is 4.44. The summed E-state index contributed by atoms with van der Waals surface area (Å²) in [6, 6.07) is 10.8. The summed E-state index contributed by atoms with van der Waals surface area (Å²) in [6.07, 6.45) is -1.04. The number of phenols is 1. The Morgan fingerprint density at radius 3 is 2.33 bits per heavy atom. The minimum atomic E-state index is -1.04. The molecule has 2 rings (SSSR count). The highest BCUT2D eigenvalue weighted by Gasteiger charge is 2.21. The molecule has 0 radical (unpaired) electrons. The molecule has 2 aromatic rings. The van der Waals surface area contributed by atoms with Crippen molar-refractivity contribution in [2.75, 3.05) is 0 Å². The van der Waals surface area contributed by atoms with Crippen molar-refractivity contribution in [1.82, 2.24) is 0 Å². The van der Waals surface area contributed by atoms with Crippen molar-refractivity contribution in [3.05, 3.63) is 65.5 Å². The van der Waals surface area contributed by atoms with Crippen molar-refractivity contribution in [2.45, 2.75) is 13.0 Å². The molecule has 0 spiro atoms. The van der Waals surface area contributed by atoms with E-state index in [1.165, 1.54) is 31.2 Å². The number of ether oxygens (including phenoxy) is 1. The maximum Gasteiger partial charge on any atom is 0.342 e. The van der Waals surface area contributed by atoms with Gasteiger partial charge in [0.15, 0.2) is 6.10 Å². The Morgan fingerprint density at radius 2 is 1.71 bits per heavy atom. The van der Waals surface area contributed by atoms with Crippen molar-refractivity contribution in [1.29, 1.82) is 0 Å². The van der Waals surface area contributed by atoms with E-state index in [4.69, 9.17) is 4.74 Å². The minimum absolute atomic E-state index is 0.0174. The lowest BCUT2D eigenvalue weighted by atomic mass is 10.1. The Balaban J connectivity index is 2.09. The van der Waals surface area contributed by atoms with Gasteiger partial charge in [0, 0.05) is 5.56 Å². The van der Waals surface area contributed by atoms with Crippen LogP contribution in [0.3, 0.4) is 0 Å². The molecular weight excluding hydrogens is 275 g/mol. The van der Waals surface area contributed by atoms with Crippen LogP contribution in [0.15, 0.2) is 48.5 Å². The van der Waals surface area contributed by atoms with Gasteiger partial charge in [0.25, 0.3) is 0 Å². The Bertz CT molecular complexity index is 664. The second-order valence-electron chi connectivity index (χ2n) is 4.44. The first-order valence-electron chi connectivity index (χ1n) is 6.28. The van der Waals surface area contributed by atoms with Crippen LogP contribution in [0.2, 0.25) is 0 Å². The van der Waals surface area contributed by atoms with Gasteiger partial charge in [0.1, 0.15) is 17.1 Å². The molecular formula is C16H13FO4. The molecule has 21 heavy (non-hydrogen) atoms. The summed E-state index contributed by atoms with van der Waals surface area (Å²) in [5.41, 5.74) is 0.227. The summed E-state index contributed by atoms with van der Waals surface area (Å²) >= 11 is 0. The van der Waals surface area contributed by atoms with Crippen LogP contribution in [0.1, 0.15) is 27.6 Å². The maximum absolute atomic E-state index is 12.8. The molecule has 0 unspecified atom stereocenters. The van der Waals surface area contributed by atoms with Gasteiger partial charge in [-0.15, -0.1) is 0 Å². The average Bonchev–Trinajstić information content (AvgIpc) is 2.47. The molecule has 1 atom stereocenters. The quantitative estimate of drug-likeness (QED) is 0.694. The molecule has 0 heterocycles. The molecule has 0 aliphatic heterocycles. The van der Waals surface area contributed by atoms with Gasteiger partial charge in [0.05, 0.1) is 0 Å². The van der Waals surface area contributed by atoms with E-state index in [0.29, 0.717) is 0 Å². The van der Waals surface area contributed by atoms with Gasteiger partial charge in [-0.1, -0.05) is 12.1 Å². The predicted molar refractivity (Wildman–Crippen MR) is 73.7 cm³/mol. The third-order valence-corrected chi connectivity index (χ3v) is 2.91. The third kappa shape index (κ3) is 3.45. The SMILES string of the molecule is C[C@H](OC(=O)c1ccccc1O)C(=O)c1ccc(F)cc1. The monoisotopic (exact) mass is 288 g/mol. The number of carbonyl (C=O) groups excluding carboxylic acids is 2. The zero-order valence-electron chi connectivity index (χ0n) is 11.2. The van der Waals surface area contributed by atoms with Crippen LogP contribution in [0.5, 0.6) is 5.75 Å². The molecule has 4 nitrogen and oxygen atoms in total. The van der Waals surface area contributed by atoms with Crippen molar-refractivity contribution in [3.63, 3.8) is 0 Å². The number of benzene rings is 2. The van der Waals surface area contributed by atoms with Gasteiger partial charge in [-0.2, -0.15) is 0 Å². The van der Waals surface area contributed by atoms with Gasteiger partial charge in [-0.3, -0.25) is 4.79 Å². The molecule has 0 aliphatic carbocycles. The molecule has 0 bridgehead atoms. The van der Waals surface area contributed by atoms with E-state index in [-0.39, 0.29) is 16.9 Å². The van der Waals surface area contributed by atoms with Gasteiger partial charge in [0.2, 0.25) is 5.78 Å². The first kappa shape index (κ1) is 14.7. The summed E-state index contributed by atoms with van der Waals surface area (Å²) < 4.78 is 17.8. The largest absolute Gasteiger partial charge is 0.507 e. The first-order valence-corrected chi connectivity index (χ1v) is 6.28. The second kappa shape index (κ2) is 6.17. The number of rotatable bonds is 4. The Hall–Kier alpha value is -2.69. The number of halogens is 1. The van der Waals surface area contributed by atoms with E-state index >= 15 is 0 Å². The third-order valence-electron chi connectivity index (χ3n) is 2.91. The Kier molecular flexibility index (Phi) is 4.33. The number of aromatic hydroxyl groups is 1. The molecule has 0 amide bonds. The lowest BCUT2D eigenvalue weighted by molar-refractivity contribution is 0.0316. The van der Waals surface area contributed by atoms with Gasteiger partial charge in [-0.05, 0) is 43.3 Å². The summed E-state index contributed by atoms with van der Waals surface area (Å²) in [7, 11) is 0. The average molecular weight is 288 g/mol. The van der Waals surface area contributed by atoms with Crippen LogP contribution in [-0.2, 0) is 4.74 Å². The molecule has 1 N–H and O–H groups in total. The fraction of sp³-hybridized carbons (Fsp3) is 0.125. The van der Waals surface area contributed by atoms with Crippen LogP contribution in [0.4, 0.5) is 4.39 Å². The van der Waals surface area contributed by atoms with Crippen molar-refractivity contribution < 1.29 is 23.8 Å². The summed E-state index contributed by atoms with van der Waals surface area (Å²) in [6.45, 7) is 1.42. The number of ketones is 1. The molecule has 5 heteroatoms. The zero-order valence-corrected chi connectivity index (χ0v) is 11.2. The normalized spacial score (nSPS) is 11.7. The van der Waals surface area contributed by atoms with Crippen LogP contribution < -0.4 is 0 Å². The Morgan fingerprint density at radius 1 is 1.10 bits per heavy atom. The van der Waals surface area contributed by atoms with Crippen LogP contribution >= 0.6 is 0 Å². The van der Waals surface area contributed by atoms with Gasteiger partial charge >= 0.3 is 5.97 Å². The lowest BCUT2D eigenvalue weighted by Gasteiger charge is -2.13. The highest BCUT2D eigenvalue weighted by Crippen LogP contribution is 2.18. The number of hydrogen-bond acceptors (Lipinski definition) is 4. The number of phenolic OH excluding ortho intramolecular Hbond substituents is 1. The molecule has 2 aromatic carbocycles. The van der Waals surface area contributed by atoms with Crippen LogP contribution in [-0.4, -0.2) is 23.0 Å². The van der Waals surface area contributed by atoms with E-state index in [1.54, 1.807) is 12.1 Å². The number of Topliss-reactive ketones (excluding diaryl/α,β-unsaturated/α-hetero) is 1. The van der Waals surface area contributed by atoms with E-state index in [1.807, 2.05) is 0 Å². The van der Waals surface area contributed by atoms with E-state index < -0.39 is 23.7 Å². The molecule has 0 saturated heterocycles. The molecule has 108 valence electrons. The van der Waals surface area contributed by atoms with Crippen molar-refractivity contribution in [2.24, 2.45) is 0 Å². The lowest BCUT2D eigenvalue weighted by Crippen LogP contribution is -2.24. The fourth-order valence-corrected chi connectivity index (χ4v) is 1.77. The smallest absolute Gasteiger partial charge is 0.342 e. The maximum atomic E-state index is 12.8.